The molecule has 0 saturated carbocycles. The first-order valence-electron chi connectivity index (χ1n) is 15.7. The highest BCUT2D eigenvalue weighted by Crippen LogP contribution is 2.23. The molecule has 47 heavy (non-hydrogen) atoms. The van der Waals surface area contributed by atoms with Gasteiger partial charge in [-0.15, -0.1) is 6.58 Å². The molecule has 1 aliphatic heterocycles. The van der Waals surface area contributed by atoms with Gasteiger partial charge in [-0.1, -0.05) is 108 Å². The summed E-state index contributed by atoms with van der Waals surface area (Å²) in [6, 6.07) is 18.1. The van der Waals surface area contributed by atoms with Gasteiger partial charge in [0, 0.05) is 0 Å². The van der Waals surface area contributed by atoms with E-state index in [2.05, 4.69) is 37.3 Å². The van der Waals surface area contributed by atoms with Crippen LogP contribution in [0.4, 0.5) is 9.59 Å². The van der Waals surface area contributed by atoms with Gasteiger partial charge in [0.15, 0.2) is 0 Å². The van der Waals surface area contributed by atoms with Crippen LogP contribution in [0, 0.1) is 10.8 Å². The highest BCUT2D eigenvalue weighted by molar-refractivity contribution is 5.87. The SMILES string of the molecule is C=C[C@H](Cc1ccccc1)NC(=O)[C@@H](NC(=O)OC)C(C)(C)C.COC(=O)NC(C(=O)N[C@@H](Cc1ccccc1)[C@@H]1CO1)C(C)(C)C. The normalized spacial score (nSPS) is 16.4. The molecular weight excluding hydrogens is 600 g/mol. The molecule has 0 aliphatic carbocycles. The lowest BCUT2D eigenvalue weighted by Gasteiger charge is -2.31. The van der Waals surface area contributed by atoms with E-state index in [4.69, 9.17) is 4.74 Å². The van der Waals surface area contributed by atoms with Crippen LogP contribution in [-0.4, -0.2) is 75.1 Å². The molecule has 0 aromatic heterocycles. The number of rotatable bonds is 12. The van der Waals surface area contributed by atoms with Gasteiger partial charge in [0.25, 0.3) is 0 Å². The molecule has 1 heterocycles. The van der Waals surface area contributed by atoms with E-state index in [9.17, 15) is 19.2 Å². The maximum absolute atomic E-state index is 12.7. The Balaban J connectivity index is 0.000000327. The molecular formula is C36H52N4O7. The Bertz CT molecular complexity index is 1300. The zero-order chi connectivity index (χ0) is 35.2. The Morgan fingerprint density at radius 2 is 1.15 bits per heavy atom. The van der Waals surface area contributed by atoms with Crippen molar-refractivity contribution >= 4 is 24.0 Å². The second kappa shape index (κ2) is 18.1. The van der Waals surface area contributed by atoms with E-state index < -0.39 is 35.1 Å². The molecule has 1 unspecified atom stereocenters. The minimum atomic E-state index is -0.701. The summed E-state index contributed by atoms with van der Waals surface area (Å²) in [5, 5.41) is 11.2. The Hall–Kier alpha value is -4.38. The van der Waals surface area contributed by atoms with Crippen LogP contribution < -0.4 is 21.3 Å². The van der Waals surface area contributed by atoms with Crippen LogP contribution in [0.15, 0.2) is 73.3 Å². The van der Waals surface area contributed by atoms with Crippen LogP contribution in [0.3, 0.4) is 0 Å². The van der Waals surface area contributed by atoms with Crippen molar-refractivity contribution < 1.29 is 33.4 Å². The summed E-state index contributed by atoms with van der Waals surface area (Å²) < 4.78 is 14.6. The van der Waals surface area contributed by atoms with Gasteiger partial charge in [-0.25, -0.2) is 9.59 Å². The average molecular weight is 653 g/mol. The molecule has 0 radical (unpaired) electrons. The summed E-state index contributed by atoms with van der Waals surface area (Å²) in [6.45, 7) is 15.8. The van der Waals surface area contributed by atoms with Crippen molar-refractivity contribution in [2.24, 2.45) is 10.8 Å². The number of alkyl carbamates (subject to hydrolysis) is 2. The molecule has 4 N–H and O–H groups in total. The van der Waals surface area contributed by atoms with Gasteiger partial charge < -0.3 is 35.5 Å². The first-order valence-corrected chi connectivity index (χ1v) is 15.7. The third kappa shape index (κ3) is 13.9. The predicted molar refractivity (Wildman–Crippen MR) is 182 cm³/mol. The topological polar surface area (TPSA) is 147 Å². The fraction of sp³-hybridized carbons (Fsp3) is 0.500. The second-order valence-corrected chi connectivity index (χ2v) is 13.6. The van der Waals surface area contributed by atoms with Crippen molar-refractivity contribution in [3.05, 3.63) is 84.4 Å². The lowest BCUT2D eigenvalue weighted by atomic mass is 9.86. The molecule has 2 aromatic rings. The summed E-state index contributed by atoms with van der Waals surface area (Å²) in [5.41, 5.74) is 1.34. The number of amides is 4. The fourth-order valence-electron chi connectivity index (χ4n) is 4.73. The quantitative estimate of drug-likeness (QED) is 0.194. The first kappa shape index (κ1) is 38.8. The van der Waals surface area contributed by atoms with Gasteiger partial charge in [-0.05, 0) is 34.8 Å². The van der Waals surface area contributed by atoms with Gasteiger partial charge >= 0.3 is 12.2 Å². The molecule has 4 amide bonds. The van der Waals surface area contributed by atoms with Crippen LogP contribution in [-0.2, 0) is 36.6 Å². The van der Waals surface area contributed by atoms with Crippen molar-refractivity contribution in [1.82, 2.24) is 21.3 Å². The zero-order valence-corrected chi connectivity index (χ0v) is 28.9. The van der Waals surface area contributed by atoms with E-state index in [1.807, 2.05) is 102 Å². The van der Waals surface area contributed by atoms with Crippen LogP contribution in [0.5, 0.6) is 0 Å². The molecule has 5 atom stereocenters. The molecule has 0 bridgehead atoms. The largest absolute Gasteiger partial charge is 0.453 e. The monoisotopic (exact) mass is 652 g/mol. The molecule has 3 rings (SSSR count). The van der Waals surface area contributed by atoms with Crippen molar-refractivity contribution in [2.75, 3.05) is 20.8 Å². The highest BCUT2D eigenvalue weighted by Gasteiger charge is 2.39. The van der Waals surface area contributed by atoms with Crippen molar-refractivity contribution in [3.63, 3.8) is 0 Å². The number of methoxy groups -OCH3 is 2. The van der Waals surface area contributed by atoms with Crippen molar-refractivity contribution in [1.29, 1.82) is 0 Å². The van der Waals surface area contributed by atoms with Crippen LogP contribution in [0.2, 0.25) is 0 Å². The predicted octanol–water partition coefficient (Wildman–Crippen LogP) is 4.55. The molecule has 1 saturated heterocycles. The molecule has 11 heteroatoms. The van der Waals surface area contributed by atoms with Gasteiger partial charge in [0.05, 0.1) is 32.9 Å². The Morgan fingerprint density at radius 1 is 0.745 bits per heavy atom. The average Bonchev–Trinajstić information content (AvgIpc) is 3.87. The smallest absolute Gasteiger partial charge is 0.407 e. The third-order valence-electron chi connectivity index (χ3n) is 7.50. The van der Waals surface area contributed by atoms with Crippen LogP contribution >= 0.6 is 0 Å². The number of epoxide rings is 1. The third-order valence-corrected chi connectivity index (χ3v) is 7.50. The summed E-state index contributed by atoms with van der Waals surface area (Å²) in [7, 11) is 2.55. The fourth-order valence-corrected chi connectivity index (χ4v) is 4.73. The van der Waals surface area contributed by atoms with E-state index in [-0.39, 0.29) is 30.0 Å². The standard InChI is InChI=1S/C18H26N2O4.C18H26N2O3/c1-18(2,3)15(20-17(22)23-4)16(21)19-13(14-11-24-14)10-12-8-6-5-7-9-12;1-6-14(12-13-10-8-7-9-11-13)19-16(21)15(18(2,3)4)20-17(22)23-5/h5-9,13-15H,10-11H2,1-4H3,(H,19,21)(H,20,22);6-11,14-15H,1,12H2,2-5H3,(H,19,21)(H,20,22)/t13-,14-,15?;14-,15-/m01/s1. The zero-order valence-electron chi connectivity index (χ0n) is 28.9. The lowest BCUT2D eigenvalue weighted by molar-refractivity contribution is -0.127. The van der Waals surface area contributed by atoms with Gasteiger partial charge in [-0.2, -0.15) is 0 Å². The number of carbonyl (C=O) groups is 4. The number of hydrogen-bond acceptors (Lipinski definition) is 7. The number of benzene rings is 2. The van der Waals surface area contributed by atoms with Crippen LogP contribution in [0.25, 0.3) is 0 Å². The van der Waals surface area contributed by atoms with E-state index in [0.29, 0.717) is 19.4 Å². The lowest BCUT2D eigenvalue weighted by Crippen LogP contribution is -2.56. The van der Waals surface area contributed by atoms with E-state index in [1.54, 1.807) is 6.08 Å². The number of ether oxygens (including phenoxy) is 3. The number of nitrogens with one attached hydrogen (secondary N) is 4. The van der Waals surface area contributed by atoms with Crippen molar-refractivity contribution in [2.45, 2.75) is 84.7 Å². The minimum Gasteiger partial charge on any atom is -0.453 e. The highest BCUT2D eigenvalue weighted by atomic mass is 16.6. The van der Waals surface area contributed by atoms with Crippen LogP contribution in [0.1, 0.15) is 52.7 Å². The minimum absolute atomic E-state index is 0.0212. The summed E-state index contributed by atoms with van der Waals surface area (Å²) >= 11 is 0. The molecule has 1 aliphatic rings. The molecule has 0 spiro atoms. The molecule has 258 valence electrons. The number of carbonyl (C=O) groups excluding carboxylic acids is 4. The van der Waals surface area contributed by atoms with Crippen molar-refractivity contribution in [3.8, 4) is 0 Å². The Morgan fingerprint density at radius 3 is 1.51 bits per heavy atom. The van der Waals surface area contributed by atoms with E-state index in [0.717, 1.165) is 11.1 Å². The summed E-state index contributed by atoms with van der Waals surface area (Å²) in [6.07, 6.45) is 1.80. The maximum Gasteiger partial charge on any atom is 0.407 e. The Kier molecular flexibility index (Phi) is 14.9. The molecule has 2 aromatic carbocycles. The van der Waals surface area contributed by atoms with Gasteiger partial charge in [-0.3, -0.25) is 9.59 Å². The molecule has 11 nitrogen and oxygen atoms in total. The summed E-state index contributed by atoms with van der Waals surface area (Å²) in [5.74, 6) is -0.493. The second-order valence-electron chi connectivity index (χ2n) is 13.6. The van der Waals surface area contributed by atoms with Gasteiger partial charge in [0.1, 0.15) is 18.2 Å². The van der Waals surface area contributed by atoms with E-state index >= 15 is 0 Å². The van der Waals surface area contributed by atoms with E-state index in [1.165, 1.54) is 14.2 Å². The number of hydrogen-bond donors (Lipinski definition) is 4. The summed E-state index contributed by atoms with van der Waals surface area (Å²) in [4.78, 5) is 48.4. The first-order chi connectivity index (χ1) is 22.1. The van der Waals surface area contributed by atoms with Gasteiger partial charge in [0.2, 0.25) is 11.8 Å². The molecule has 1 fully saturated rings. The maximum atomic E-state index is 12.7. The Labute approximate surface area is 279 Å².